The molecule has 0 spiro atoms. The minimum Gasteiger partial charge on any atom is -0.480 e. The summed E-state index contributed by atoms with van der Waals surface area (Å²) in [6.45, 7) is 0.0338. The zero-order valence-corrected chi connectivity index (χ0v) is 19.9. The minimum atomic E-state index is -0.821. The Hall–Kier alpha value is -3.80. The molecular formula is C24H29FN8O3. The van der Waals surface area contributed by atoms with Crippen LogP contribution in [0.3, 0.4) is 0 Å². The zero-order valence-electron chi connectivity index (χ0n) is 19.9. The van der Waals surface area contributed by atoms with Crippen LogP contribution in [0.4, 0.5) is 21.6 Å². The summed E-state index contributed by atoms with van der Waals surface area (Å²) in [7, 11) is 1.85. The Kier molecular flexibility index (Phi) is 6.68. The predicted octanol–water partition coefficient (Wildman–Crippen LogP) is 2.83. The number of hydrogen-bond donors (Lipinski definition) is 4. The number of carbonyl (C=O) groups excluding carboxylic acids is 1. The number of aliphatic carboxylic acids is 1. The number of fused-ring (bicyclic) bond motifs is 1. The van der Waals surface area contributed by atoms with Crippen LogP contribution in [-0.2, 0) is 4.79 Å². The Morgan fingerprint density at radius 2 is 1.83 bits per heavy atom. The number of imidazole rings is 1. The van der Waals surface area contributed by atoms with Gasteiger partial charge in [-0.1, -0.05) is 0 Å². The fourth-order valence-corrected chi connectivity index (χ4v) is 4.62. The van der Waals surface area contributed by atoms with Crippen LogP contribution in [0.2, 0.25) is 0 Å². The highest BCUT2D eigenvalue weighted by atomic mass is 19.1. The number of nitrogens with zero attached hydrogens (tertiary/aromatic N) is 5. The van der Waals surface area contributed by atoms with Crippen molar-refractivity contribution in [2.75, 3.05) is 29.5 Å². The highest BCUT2D eigenvalue weighted by Crippen LogP contribution is 2.30. The molecule has 0 radical (unpaired) electrons. The fourth-order valence-electron chi connectivity index (χ4n) is 4.62. The van der Waals surface area contributed by atoms with Gasteiger partial charge in [-0.05, 0) is 51.6 Å². The smallest absolute Gasteiger partial charge is 0.317 e. The van der Waals surface area contributed by atoms with Crippen LogP contribution in [0.5, 0.6) is 0 Å². The minimum absolute atomic E-state index is 0.0279. The summed E-state index contributed by atoms with van der Waals surface area (Å²) in [6, 6.07) is 4.07. The summed E-state index contributed by atoms with van der Waals surface area (Å²) < 4.78 is 15.5. The number of carboxylic acids is 1. The Balaban J connectivity index is 1.35. The number of likely N-dealkylation sites (N-methyl/N-ethyl adjacent to an activating group) is 1. The zero-order chi connectivity index (χ0) is 25.2. The van der Waals surface area contributed by atoms with Crippen molar-refractivity contribution in [1.29, 1.82) is 0 Å². The van der Waals surface area contributed by atoms with Crippen LogP contribution >= 0.6 is 0 Å². The molecule has 2 aliphatic carbocycles. The summed E-state index contributed by atoms with van der Waals surface area (Å²) in [4.78, 5) is 34.0. The average molecular weight is 497 g/mol. The number of carboxylic acid groups (broad SMARTS) is 1. The molecule has 0 saturated heterocycles. The second-order valence-corrected chi connectivity index (χ2v) is 9.51. The van der Waals surface area contributed by atoms with E-state index in [2.05, 4.69) is 31.0 Å². The summed E-state index contributed by atoms with van der Waals surface area (Å²) in [5.74, 6) is -1.37. The van der Waals surface area contributed by atoms with E-state index in [1.165, 1.54) is 23.0 Å². The van der Waals surface area contributed by atoms with Crippen LogP contribution < -0.4 is 16.0 Å². The molecular weight excluding hydrogens is 467 g/mol. The molecule has 3 aromatic heterocycles. The largest absolute Gasteiger partial charge is 0.480 e. The number of anilines is 3. The maximum Gasteiger partial charge on any atom is 0.317 e. The third kappa shape index (κ3) is 5.38. The summed E-state index contributed by atoms with van der Waals surface area (Å²) >= 11 is 0. The van der Waals surface area contributed by atoms with Gasteiger partial charge in [0, 0.05) is 30.4 Å². The first-order valence-electron chi connectivity index (χ1n) is 12.1. The molecule has 0 aliphatic heterocycles. The van der Waals surface area contributed by atoms with E-state index in [0.717, 1.165) is 50.4 Å². The van der Waals surface area contributed by atoms with Gasteiger partial charge < -0.3 is 21.1 Å². The van der Waals surface area contributed by atoms with E-state index in [0.29, 0.717) is 17.5 Å². The Labute approximate surface area is 207 Å². The van der Waals surface area contributed by atoms with Gasteiger partial charge in [0.2, 0.25) is 0 Å². The van der Waals surface area contributed by atoms with Gasteiger partial charge in [0.1, 0.15) is 5.82 Å². The number of hydrogen-bond acceptors (Lipinski definition) is 8. The van der Waals surface area contributed by atoms with Gasteiger partial charge in [-0.2, -0.15) is 0 Å². The summed E-state index contributed by atoms with van der Waals surface area (Å²) in [5.41, 5.74) is 1.51. The van der Waals surface area contributed by atoms with Crippen molar-refractivity contribution in [3.05, 3.63) is 42.2 Å². The van der Waals surface area contributed by atoms with Gasteiger partial charge in [-0.3, -0.25) is 19.5 Å². The third-order valence-electron chi connectivity index (χ3n) is 6.71. The molecule has 3 aromatic rings. The second-order valence-electron chi connectivity index (χ2n) is 9.51. The summed E-state index contributed by atoms with van der Waals surface area (Å²) in [5, 5.41) is 23.2. The van der Waals surface area contributed by atoms with E-state index in [-0.39, 0.29) is 30.0 Å². The second kappa shape index (κ2) is 10.1. The Morgan fingerprint density at radius 3 is 2.53 bits per heavy atom. The van der Waals surface area contributed by atoms with E-state index in [1.54, 1.807) is 0 Å². The maximum absolute atomic E-state index is 14.0. The van der Waals surface area contributed by atoms with Gasteiger partial charge in [0.15, 0.2) is 17.2 Å². The fraction of sp³-hybridized carbons (Fsp3) is 0.458. The SMILES string of the molecule is CN(CC(=O)O)[C@H]1CC[C@H](Nc2cc(NC3CC3)c3ncc(C(=O)Nc4ccncc4F)n3n2)CC1. The van der Waals surface area contributed by atoms with E-state index in [1.807, 2.05) is 18.0 Å². The molecule has 5 rings (SSSR count). The molecule has 0 bridgehead atoms. The quantitative estimate of drug-likeness (QED) is 0.352. The average Bonchev–Trinajstić information content (AvgIpc) is 3.55. The molecule has 11 nitrogen and oxygen atoms in total. The molecule has 2 fully saturated rings. The lowest BCUT2D eigenvalue weighted by Crippen LogP contribution is -2.40. The first kappa shape index (κ1) is 23.9. The molecule has 2 saturated carbocycles. The third-order valence-corrected chi connectivity index (χ3v) is 6.71. The lowest BCUT2D eigenvalue weighted by molar-refractivity contribution is -0.138. The molecule has 2 aliphatic rings. The molecule has 0 aromatic carbocycles. The molecule has 3 heterocycles. The van der Waals surface area contributed by atoms with E-state index < -0.39 is 17.7 Å². The van der Waals surface area contributed by atoms with Gasteiger partial charge in [-0.25, -0.2) is 13.9 Å². The Morgan fingerprint density at radius 1 is 1.11 bits per heavy atom. The van der Waals surface area contributed by atoms with Crippen molar-refractivity contribution in [3.63, 3.8) is 0 Å². The molecule has 1 amide bonds. The van der Waals surface area contributed by atoms with Crippen LogP contribution in [-0.4, -0.2) is 73.2 Å². The molecule has 4 N–H and O–H groups in total. The van der Waals surface area contributed by atoms with E-state index in [4.69, 9.17) is 5.11 Å². The first-order chi connectivity index (χ1) is 17.4. The van der Waals surface area contributed by atoms with Crippen LogP contribution in [0.1, 0.15) is 49.0 Å². The number of halogens is 1. The molecule has 0 atom stereocenters. The van der Waals surface area contributed by atoms with Gasteiger partial charge >= 0.3 is 5.97 Å². The number of nitrogens with one attached hydrogen (secondary N) is 3. The Bertz CT molecular complexity index is 1270. The van der Waals surface area contributed by atoms with Crippen molar-refractivity contribution in [1.82, 2.24) is 24.5 Å². The lowest BCUT2D eigenvalue weighted by atomic mass is 9.90. The highest BCUT2D eigenvalue weighted by molar-refractivity contribution is 6.03. The highest BCUT2D eigenvalue weighted by Gasteiger charge is 2.27. The monoisotopic (exact) mass is 496 g/mol. The maximum atomic E-state index is 14.0. The van der Waals surface area contributed by atoms with Crippen molar-refractivity contribution in [2.45, 2.75) is 56.7 Å². The first-order valence-corrected chi connectivity index (χ1v) is 12.1. The van der Waals surface area contributed by atoms with Crippen LogP contribution in [0.25, 0.3) is 5.65 Å². The van der Waals surface area contributed by atoms with Crippen molar-refractivity contribution >= 4 is 34.7 Å². The standard InChI is InChI=1S/C24H29FN8O3/c1-32(13-22(34)35)16-6-4-15(5-7-16)29-21-10-19(28-14-2-3-14)23-27-12-20(33(23)31-21)24(36)30-18-8-9-26-11-17(18)25/h8-12,14-16,28H,2-7,13H2,1H3,(H,29,31)(H,34,35)(H,26,30,36)/t15-,16-. The molecule has 12 heteroatoms. The van der Waals surface area contributed by atoms with Crippen LogP contribution in [0, 0.1) is 5.82 Å². The number of aromatic nitrogens is 4. The van der Waals surface area contributed by atoms with Crippen molar-refractivity contribution in [2.24, 2.45) is 0 Å². The van der Waals surface area contributed by atoms with Crippen molar-refractivity contribution in [3.8, 4) is 0 Å². The number of amides is 1. The number of carbonyl (C=O) groups is 2. The van der Waals surface area contributed by atoms with Gasteiger partial charge in [0.05, 0.1) is 30.3 Å². The molecule has 0 unspecified atom stereocenters. The van der Waals surface area contributed by atoms with E-state index >= 15 is 0 Å². The topological polar surface area (TPSA) is 137 Å². The van der Waals surface area contributed by atoms with Crippen LogP contribution in [0.15, 0.2) is 30.7 Å². The lowest BCUT2D eigenvalue weighted by Gasteiger charge is -2.34. The number of pyridine rings is 1. The normalized spacial score (nSPS) is 19.9. The van der Waals surface area contributed by atoms with Gasteiger partial charge in [0.25, 0.3) is 5.91 Å². The van der Waals surface area contributed by atoms with E-state index in [9.17, 15) is 14.0 Å². The molecule has 190 valence electrons. The summed E-state index contributed by atoms with van der Waals surface area (Å²) in [6.07, 6.45) is 9.52. The van der Waals surface area contributed by atoms with Gasteiger partial charge in [-0.15, -0.1) is 5.10 Å². The number of rotatable bonds is 9. The molecule has 36 heavy (non-hydrogen) atoms. The predicted molar refractivity (Wildman–Crippen MR) is 132 cm³/mol. The van der Waals surface area contributed by atoms with Crippen molar-refractivity contribution < 1.29 is 19.1 Å².